The Morgan fingerprint density at radius 2 is 1.00 bits per heavy atom. The van der Waals surface area contributed by atoms with Crippen LogP contribution in [0.15, 0.2) is 109 Å². The van der Waals surface area contributed by atoms with Crippen LogP contribution in [-0.2, 0) is 0 Å². The molecule has 0 radical (unpaired) electrons. The van der Waals surface area contributed by atoms with Crippen LogP contribution in [0, 0.1) is 0 Å². The third-order valence-corrected chi connectivity index (χ3v) is 7.61. The molecule has 9 aromatic rings. The van der Waals surface area contributed by atoms with Gasteiger partial charge in [-0.1, -0.05) is 66.7 Å². The molecule has 166 valence electrons. The third-order valence-electron chi connectivity index (χ3n) is 7.61. The van der Waals surface area contributed by atoms with E-state index in [4.69, 9.17) is 9.97 Å². The van der Waals surface area contributed by atoms with Crippen LogP contribution < -0.4 is 0 Å². The van der Waals surface area contributed by atoms with E-state index < -0.39 is 0 Å². The summed E-state index contributed by atoms with van der Waals surface area (Å²) >= 11 is 0. The fraction of sp³-hybridized carbons (Fsp3) is 0. The summed E-state index contributed by atoms with van der Waals surface area (Å²) in [6, 6.07) is 38.7. The van der Waals surface area contributed by atoms with Gasteiger partial charge in [-0.3, -0.25) is 4.40 Å². The lowest BCUT2D eigenvalue weighted by atomic mass is 10.1. The number of aromatic nitrogens is 4. The molecule has 9 rings (SSSR count). The molecule has 0 saturated carbocycles. The second-order valence-corrected chi connectivity index (χ2v) is 9.50. The maximum absolute atomic E-state index is 5.13. The molecule has 5 aromatic carbocycles. The molecule has 0 aliphatic heterocycles. The molecule has 0 fully saturated rings. The summed E-state index contributed by atoms with van der Waals surface area (Å²) in [6.07, 6.45) is 0. The Labute approximate surface area is 205 Å². The van der Waals surface area contributed by atoms with Crippen LogP contribution >= 0.6 is 0 Å². The van der Waals surface area contributed by atoms with E-state index in [1.54, 1.807) is 0 Å². The Hall–Kier alpha value is -4.96. The highest BCUT2D eigenvalue weighted by molar-refractivity contribution is 6.23. The summed E-state index contributed by atoms with van der Waals surface area (Å²) in [5, 5.41) is 6.12. The van der Waals surface area contributed by atoms with Crippen LogP contribution in [0.3, 0.4) is 0 Å². The number of hydrogen-bond donors (Lipinski definition) is 0. The van der Waals surface area contributed by atoms with Crippen molar-refractivity contribution in [3.05, 3.63) is 109 Å². The lowest BCUT2D eigenvalue weighted by Gasteiger charge is -2.09. The topological polar surface area (TPSA) is 35.1 Å². The van der Waals surface area contributed by atoms with Gasteiger partial charge in [-0.2, -0.15) is 0 Å². The van der Waals surface area contributed by atoms with Crippen molar-refractivity contribution < 1.29 is 0 Å². The van der Waals surface area contributed by atoms with E-state index >= 15 is 0 Å². The molecule has 0 atom stereocenters. The first-order valence-electron chi connectivity index (χ1n) is 12.2. The summed E-state index contributed by atoms with van der Waals surface area (Å²) in [6.45, 7) is 0. The van der Waals surface area contributed by atoms with Gasteiger partial charge in [0.25, 0.3) is 0 Å². The van der Waals surface area contributed by atoms with Gasteiger partial charge >= 0.3 is 0 Å². The molecule has 0 unspecified atom stereocenters. The molecular weight excluding hydrogens is 440 g/mol. The van der Waals surface area contributed by atoms with Gasteiger partial charge in [0.05, 0.1) is 33.1 Å². The fourth-order valence-corrected chi connectivity index (χ4v) is 6.14. The quantitative estimate of drug-likeness (QED) is 0.251. The Morgan fingerprint density at radius 3 is 1.69 bits per heavy atom. The van der Waals surface area contributed by atoms with Crippen molar-refractivity contribution in [2.75, 3.05) is 0 Å². The van der Waals surface area contributed by atoms with Gasteiger partial charge in [-0.05, 0) is 42.5 Å². The summed E-state index contributed by atoms with van der Waals surface area (Å²) in [5.74, 6) is 0. The number of para-hydroxylation sites is 5. The van der Waals surface area contributed by atoms with E-state index in [1.165, 1.54) is 38.1 Å². The van der Waals surface area contributed by atoms with E-state index in [1.807, 2.05) is 24.3 Å². The minimum Gasteiger partial charge on any atom is -0.309 e. The predicted octanol–water partition coefficient (Wildman–Crippen LogP) is 7.88. The lowest BCUT2D eigenvalue weighted by Crippen LogP contribution is -1.93. The first-order chi connectivity index (χ1) is 17.9. The van der Waals surface area contributed by atoms with Crippen molar-refractivity contribution in [2.45, 2.75) is 0 Å². The molecule has 0 aliphatic rings. The molecular formula is C32H18N4. The minimum absolute atomic E-state index is 0.911. The summed E-state index contributed by atoms with van der Waals surface area (Å²) in [4.78, 5) is 10.2. The van der Waals surface area contributed by atoms with Crippen LogP contribution in [0.1, 0.15) is 0 Å². The van der Waals surface area contributed by atoms with E-state index in [0.717, 1.165) is 38.8 Å². The fourth-order valence-electron chi connectivity index (χ4n) is 6.14. The van der Waals surface area contributed by atoms with Crippen LogP contribution in [0.4, 0.5) is 0 Å². The van der Waals surface area contributed by atoms with E-state index in [2.05, 4.69) is 93.9 Å². The predicted molar refractivity (Wildman–Crippen MR) is 149 cm³/mol. The molecule has 0 bridgehead atoms. The standard InChI is InChI=1S/C32H18N4/c1-6-14-27-20(9-1)21-10-2-7-15-28(21)35(27)19-17-23-22-11-3-8-16-29(22)36-31(23)24(18-19)30-32(36)34-26-13-5-4-12-25(26)33-30/h1-18H. The van der Waals surface area contributed by atoms with Gasteiger partial charge in [0.15, 0.2) is 5.65 Å². The first-order valence-corrected chi connectivity index (χ1v) is 12.2. The molecule has 0 aliphatic carbocycles. The molecule has 0 amide bonds. The van der Waals surface area contributed by atoms with Crippen molar-refractivity contribution in [3.8, 4) is 5.69 Å². The molecule has 36 heavy (non-hydrogen) atoms. The third kappa shape index (κ3) is 2.15. The van der Waals surface area contributed by atoms with Crippen LogP contribution in [0.25, 0.3) is 76.9 Å². The minimum atomic E-state index is 0.911. The van der Waals surface area contributed by atoms with Crippen molar-refractivity contribution >= 4 is 71.2 Å². The van der Waals surface area contributed by atoms with Crippen molar-refractivity contribution in [2.24, 2.45) is 0 Å². The van der Waals surface area contributed by atoms with Gasteiger partial charge in [0, 0.05) is 32.6 Å². The Bertz CT molecular complexity index is 2270. The zero-order chi connectivity index (χ0) is 23.4. The average Bonchev–Trinajstić information content (AvgIpc) is 3.56. The smallest absolute Gasteiger partial charge is 0.165 e. The molecule has 4 heteroatoms. The SMILES string of the molecule is c1ccc2nc3c(nc2c1)c1cc(-n2c4ccccc4c4ccccc42)cc2c4ccccc4n3c21. The molecule has 0 N–H and O–H groups in total. The zero-order valence-electron chi connectivity index (χ0n) is 19.2. The maximum Gasteiger partial charge on any atom is 0.165 e. The maximum atomic E-state index is 5.13. The summed E-state index contributed by atoms with van der Waals surface area (Å²) in [7, 11) is 0. The Morgan fingerprint density at radius 1 is 0.472 bits per heavy atom. The lowest BCUT2D eigenvalue weighted by molar-refractivity contribution is 1.19. The number of nitrogens with zero attached hydrogens (tertiary/aromatic N) is 4. The van der Waals surface area contributed by atoms with Gasteiger partial charge in [0.1, 0.15) is 5.52 Å². The van der Waals surface area contributed by atoms with Crippen molar-refractivity contribution in [1.82, 2.24) is 18.9 Å². The van der Waals surface area contributed by atoms with Gasteiger partial charge in [-0.25, -0.2) is 9.97 Å². The largest absolute Gasteiger partial charge is 0.309 e. The highest BCUT2D eigenvalue weighted by Crippen LogP contribution is 2.41. The van der Waals surface area contributed by atoms with E-state index in [-0.39, 0.29) is 0 Å². The molecule has 0 saturated heterocycles. The normalized spacial score (nSPS) is 12.4. The Balaban J connectivity index is 1.54. The Kier molecular flexibility index (Phi) is 3.25. The zero-order valence-corrected chi connectivity index (χ0v) is 19.2. The number of fused-ring (bicyclic) bond motifs is 10. The molecule has 4 aromatic heterocycles. The van der Waals surface area contributed by atoms with Crippen molar-refractivity contribution in [3.63, 3.8) is 0 Å². The second-order valence-electron chi connectivity index (χ2n) is 9.50. The molecule has 4 nitrogen and oxygen atoms in total. The van der Waals surface area contributed by atoms with Gasteiger partial charge in [0.2, 0.25) is 0 Å². The summed E-state index contributed by atoms with van der Waals surface area (Å²) in [5.41, 5.74) is 9.59. The first kappa shape index (κ1) is 18.4. The van der Waals surface area contributed by atoms with Gasteiger partial charge in [-0.15, -0.1) is 0 Å². The van der Waals surface area contributed by atoms with Gasteiger partial charge < -0.3 is 4.57 Å². The molecule has 4 heterocycles. The average molecular weight is 459 g/mol. The highest BCUT2D eigenvalue weighted by atomic mass is 15.0. The van der Waals surface area contributed by atoms with Crippen LogP contribution in [-0.4, -0.2) is 18.9 Å². The van der Waals surface area contributed by atoms with E-state index in [9.17, 15) is 0 Å². The number of rotatable bonds is 1. The van der Waals surface area contributed by atoms with Crippen LogP contribution in [0.5, 0.6) is 0 Å². The highest BCUT2D eigenvalue weighted by Gasteiger charge is 2.22. The molecule has 0 spiro atoms. The monoisotopic (exact) mass is 458 g/mol. The summed E-state index contributed by atoms with van der Waals surface area (Å²) < 4.78 is 4.68. The van der Waals surface area contributed by atoms with Crippen molar-refractivity contribution in [1.29, 1.82) is 0 Å². The second kappa shape index (κ2) is 6.37. The van der Waals surface area contributed by atoms with Crippen LogP contribution in [0.2, 0.25) is 0 Å². The number of hydrogen-bond acceptors (Lipinski definition) is 2. The number of benzene rings is 5. The van der Waals surface area contributed by atoms with E-state index in [0.29, 0.717) is 0 Å².